The van der Waals surface area contributed by atoms with Gasteiger partial charge in [0.25, 0.3) is 0 Å². The predicted molar refractivity (Wildman–Crippen MR) is 41.4 cm³/mol. The van der Waals surface area contributed by atoms with Crippen molar-refractivity contribution >= 4 is 18.1 Å². The highest BCUT2D eigenvalue weighted by Crippen LogP contribution is 2.19. The molecule has 0 heterocycles. The zero-order valence-corrected chi connectivity index (χ0v) is 6.59. The molecule has 1 aromatic carbocycles. The lowest BCUT2D eigenvalue weighted by Crippen LogP contribution is -2.11. The molecule has 1 rings (SSSR count). The fraction of sp³-hybridized carbons (Fsp3) is 0. The summed E-state index contributed by atoms with van der Waals surface area (Å²) in [7, 11) is 0. The molecule has 0 bridgehead atoms. The highest BCUT2D eigenvalue weighted by molar-refractivity contribution is 5.85. The van der Waals surface area contributed by atoms with Crippen LogP contribution in [0.4, 0.5) is 18.9 Å². The van der Waals surface area contributed by atoms with Gasteiger partial charge in [0.15, 0.2) is 17.5 Å². The molecule has 0 spiro atoms. The zero-order valence-electron chi connectivity index (χ0n) is 5.77. The van der Waals surface area contributed by atoms with Gasteiger partial charge in [-0.1, -0.05) is 0 Å². The zero-order chi connectivity index (χ0) is 8.43. The summed E-state index contributed by atoms with van der Waals surface area (Å²) in [4.78, 5) is 0. The molecular formula is C6H6ClF3N2. The van der Waals surface area contributed by atoms with Crippen LogP contribution in [0, 0.1) is 17.5 Å². The summed E-state index contributed by atoms with van der Waals surface area (Å²) in [5.74, 6) is 1.35. The molecule has 0 radical (unpaired) electrons. The first-order valence-corrected chi connectivity index (χ1v) is 2.77. The molecule has 0 aliphatic carbocycles. The van der Waals surface area contributed by atoms with E-state index in [4.69, 9.17) is 5.84 Å². The van der Waals surface area contributed by atoms with Gasteiger partial charge in [0.05, 0.1) is 0 Å². The lowest BCUT2D eigenvalue weighted by Gasteiger charge is -2.02. The molecule has 0 saturated heterocycles. The van der Waals surface area contributed by atoms with E-state index in [1.807, 2.05) is 0 Å². The summed E-state index contributed by atoms with van der Waals surface area (Å²) in [6.45, 7) is 0. The minimum absolute atomic E-state index is 0. The second kappa shape index (κ2) is 4.18. The number of hydrazine groups is 1. The van der Waals surface area contributed by atoms with Crippen molar-refractivity contribution in [3.05, 3.63) is 29.6 Å². The van der Waals surface area contributed by atoms with Crippen LogP contribution in [0.5, 0.6) is 0 Å². The van der Waals surface area contributed by atoms with E-state index >= 15 is 0 Å². The number of benzene rings is 1. The maximum Gasteiger partial charge on any atom is 0.186 e. The van der Waals surface area contributed by atoms with Crippen LogP contribution in [0.25, 0.3) is 0 Å². The van der Waals surface area contributed by atoms with Crippen LogP contribution < -0.4 is 11.3 Å². The molecule has 0 aliphatic heterocycles. The van der Waals surface area contributed by atoms with Crippen LogP contribution in [0.2, 0.25) is 0 Å². The van der Waals surface area contributed by atoms with Crippen molar-refractivity contribution in [2.24, 2.45) is 5.84 Å². The molecule has 0 saturated carbocycles. The van der Waals surface area contributed by atoms with Gasteiger partial charge in [-0.05, 0) is 12.1 Å². The molecule has 0 unspecified atom stereocenters. The SMILES string of the molecule is Cl.NNc1c(F)ccc(F)c1F. The van der Waals surface area contributed by atoms with E-state index in [9.17, 15) is 13.2 Å². The van der Waals surface area contributed by atoms with Crippen molar-refractivity contribution in [1.29, 1.82) is 0 Å². The molecule has 0 aliphatic rings. The number of hydrogen-bond donors (Lipinski definition) is 2. The molecule has 3 N–H and O–H groups in total. The molecule has 0 fully saturated rings. The monoisotopic (exact) mass is 198 g/mol. The van der Waals surface area contributed by atoms with Crippen LogP contribution in [0.1, 0.15) is 0 Å². The second-order valence-corrected chi connectivity index (χ2v) is 1.86. The number of nitrogens with two attached hydrogens (primary N) is 1. The van der Waals surface area contributed by atoms with E-state index in [2.05, 4.69) is 0 Å². The maximum absolute atomic E-state index is 12.5. The molecule has 2 nitrogen and oxygen atoms in total. The van der Waals surface area contributed by atoms with Gasteiger partial charge in [-0.15, -0.1) is 12.4 Å². The molecule has 6 heteroatoms. The van der Waals surface area contributed by atoms with Crippen molar-refractivity contribution in [2.45, 2.75) is 0 Å². The summed E-state index contributed by atoms with van der Waals surface area (Å²) in [5.41, 5.74) is 1.05. The Morgan fingerprint density at radius 1 is 1.08 bits per heavy atom. The fourth-order valence-electron chi connectivity index (χ4n) is 0.659. The van der Waals surface area contributed by atoms with E-state index in [0.29, 0.717) is 6.07 Å². The Morgan fingerprint density at radius 2 is 1.58 bits per heavy atom. The number of halogens is 4. The van der Waals surface area contributed by atoms with E-state index < -0.39 is 23.1 Å². The summed E-state index contributed by atoms with van der Waals surface area (Å²) in [5, 5.41) is 0. The third-order valence-corrected chi connectivity index (χ3v) is 1.19. The van der Waals surface area contributed by atoms with Gasteiger partial charge >= 0.3 is 0 Å². The molecule has 1 aromatic rings. The van der Waals surface area contributed by atoms with Gasteiger partial charge in [-0.25, -0.2) is 13.2 Å². The predicted octanol–water partition coefficient (Wildman–Crippen LogP) is 1.81. The standard InChI is InChI=1S/C6H5F3N2.ClH/c7-3-1-2-4(8)6(11-10)5(3)9;/h1-2,11H,10H2;1H. The molecule has 12 heavy (non-hydrogen) atoms. The first-order chi connectivity index (χ1) is 5.16. The van der Waals surface area contributed by atoms with Crippen molar-refractivity contribution in [2.75, 3.05) is 5.43 Å². The van der Waals surface area contributed by atoms with Crippen molar-refractivity contribution in [1.82, 2.24) is 0 Å². The maximum atomic E-state index is 12.5. The Hall–Kier alpha value is -0.940. The number of anilines is 1. The Morgan fingerprint density at radius 3 is 2.00 bits per heavy atom. The van der Waals surface area contributed by atoms with Gasteiger partial charge in [-0.2, -0.15) is 0 Å². The van der Waals surface area contributed by atoms with Crippen molar-refractivity contribution < 1.29 is 13.2 Å². The van der Waals surface area contributed by atoms with Gasteiger partial charge in [-0.3, -0.25) is 5.84 Å². The van der Waals surface area contributed by atoms with E-state index in [-0.39, 0.29) is 12.4 Å². The Balaban J connectivity index is 0.00000121. The van der Waals surface area contributed by atoms with Gasteiger partial charge in [0, 0.05) is 0 Å². The molecule has 68 valence electrons. The summed E-state index contributed by atoms with van der Waals surface area (Å²) in [6, 6.07) is 1.47. The third kappa shape index (κ3) is 1.80. The molecule has 0 amide bonds. The molecule has 0 atom stereocenters. The van der Waals surface area contributed by atoms with E-state index in [0.717, 1.165) is 6.07 Å². The topological polar surface area (TPSA) is 38.0 Å². The Kier molecular flexibility index (Phi) is 3.85. The molecular weight excluding hydrogens is 193 g/mol. The second-order valence-electron chi connectivity index (χ2n) is 1.86. The normalized spacial score (nSPS) is 9.00. The van der Waals surface area contributed by atoms with Crippen molar-refractivity contribution in [3.63, 3.8) is 0 Å². The molecule has 0 aromatic heterocycles. The van der Waals surface area contributed by atoms with E-state index in [1.54, 1.807) is 5.43 Å². The van der Waals surface area contributed by atoms with Gasteiger partial charge in [0.2, 0.25) is 0 Å². The van der Waals surface area contributed by atoms with E-state index in [1.165, 1.54) is 0 Å². The summed E-state index contributed by atoms with van der Waals surface area (Å²) >= 11 is 0. The summed E-state index contributed by atoms with van der Waals surface area (Å²) < 4.78 is 37.3. The lowest BCUT2D eigenvalue weighted by molar-refractivity contribution is 0.499. The number of rotatable bonds is 1. The van der Waals surface area contributed by atoms with Crippen LogP contribution in [0.3, 0.4) is 0 Å². The average Bonchev–Trinajstić information content (AvgIpc) is 1.99. The highest BCUT2D eigenvalue weighted by Gasteiger charge is 2.11. The minimum atomic E-state index is -1.31. The highest BCUT2D eigenvalue weighted by atomic mass is 35.5. The van der Waals surface area contributed by atoms with Crippen LogP contribution >= 0.6 is 12.4 Å². The van der Waals surface area contributed by atoms with Crippen LogP contribution in [-0.2, 0) is 0 Å². The van der Waals surface area contributed by atoms with Gasteiger partial charge < -0.3 is 5.43 Å². The first-order valence-electron chi connectivity index (χ1n) is 2.77. The lowest BCUT2D eigenvalue weighted by atomic mass is 10.3. The Bertz CT molecular complexity index is 280. The number of nitrogens with one attached hydrogen (secondary N) is 1. The Labute approximate surface area is 72.9 Å². The first kappa shape index (κ1) is 11.1. The minimum Gasteiger partial charge on any atom is -0.319 e. The summed E-state index contributed by atoms with van der Waals surface area (Å²) in [6.07, 6.45) is 0. The fourth-order valence-corrected chi connectivity index (χ4v) is 0.659. The smallest absolute Gasteiger partial charge is 0.186 e. The van der Waals surface area contributed by atoms with Crippen LogP contribution in [0.15, 0.2) is 12.1 Å². The number of hydrogen-bond acceptors (Lipinski definition) is 2. The average molecular weight is 199 g/mol. The largest absolute Gasteiger partial charge is 0.319 e. The van der Waals surface area contributed by atoms with Gasteiger partial charge in [0.1, 0.15) is 5.69 Å². The van der Waals surface area contributed by atoms with Crippen molar-refractivity contribution in [3.8, 4) is 0 Å². The van der Waals surface area contributed by atoms with Crippen LogP contribution in [-0.4, -0.2) is 0 Å². The number of nitrogen functional groups attached to an aromatic ring is 1. The quantitative estimate of drug-likeness (QED) is 0.410. The third-order valence-electron chi connectivity index (χ3n) is 1.19.